The van der Waals surface area contributed by atoms with Gasteiger partial charge in [-0.15, -0.1) is 0 Å². The number of hydrogen-bond donors (Lipinski definition) is 2. The SMILES string of the molecule is COCCC(C)NC(=O)CC1CNCCO1. The van der Waals surface area contributed by atoms with E-state index in [0.717, 1.165) is 19.5 Å². The Labute approximate surface area is 96.9 Å². The third-order valence-electron chi connectivity index (χ3n) is 2.58. The van der Waals surface area contributed by atoms with E-state index in [4.69, 9.17) is 9.47 Å². The van der Waals surface area contributed by atoms with Crippen LogP contribution in [0.3, 0.4) is 0 Å². The molecular formula is C11H22N2O3. The van der Waals surface area contributed by atoms with Gasteiger partial charge >= 0.3 is 0 Å². The molecule has 5 nitrogen and oxygen atoms in total. The monoisotopic (exact) mass is 230 g/mol. The van der Waals surface area contributed by atoms with Crippen molar-refractivity contribution in [1.82, 2.24) is 10.6 Å². The summed E-state index contributed by atoms with van der Waals surface area (Å²) in [6.07, 6.45) is 1.29. The van der Waals surface area contributed by atoms with Gasteiger partial charge in [0.2, 0.25) is 5.91 Å². The van der Waals surface area contributed by atoms with E-state index in [1.165, 1.54) is 0 Å². The lowest BCUT2D eigenvalue weighted by Crippen LogP contribution is -2.43. The summed E-state index contributed by atoms with van der Waals surface area (Å²) in [6, 6.07) is 0.156. The van der Waals surface area contributed by atoms with E-state index in [-0.39, 0.29) is 18.1 Å². The molecule has 1 heterocycles. The van der Waals surface area contributed by atoms with Gasteiger partial charge in [-0.3, -0.25) is 4.79 Å². The lowest BCUT2D eigenvalue weighted by Gasteiger charge is -2.23. The van der Waals surface area contributed by atoms with E-state index in [9.17, 15) is 4.79 Å². The summed E-state index contributed by atoms with van der Waals surface area (Å²) in [4.78, 5) is 11.6. The van der Waals surface area contributed by atoms with Crippen LogP contribution in [-0.2, 0) is 14.3 Å². The van der Waals surface area contributed by atoms with Crippen molar-refractivity contribution in [2.45, 2.75) is 31.9 Å². The molecule has 0 saturated carbocycles. The Morgan fingerprint density at radius 2 is 2.50 bits per heavy atom. The van der Waals surface area contributed by atoms with E-state index in [2.05, 4.69) is 10.6 Å². The van der Waals surface area contributed by atoms with Crippen molar-refractivity contribution in [3.63, 3.8) is 0 Å². The van der Waals surface area contributed by atoms with Crippen molar-refractivity contribution in [1.29, 1.82) is 0 Å². The third kappa shape index (κ3) is 5.44. The van der Waals surface area contributed by atoms with Gasteiger partial charge in [-0.2, -0.15) is 0 Å². The second-order valence-electron chi connectivity index (χ2n) is 4.15. The quantitative estimate of drug-likeness (QED) is 0.669. The van der Waals surface area contributed by atoms with Crippen LogP contribution in [0.15, 0.2) is 0 Å². The van der Waals surface area contributed by atoms with Crippen LogP contribution in [0.4, 0.5) is 0 Å². The minimum Gasteiger partial charge on any atom is -0.385 e. The average molecular weight is 230 g/mol. The van der Waals surface area contributed by atoms with Crippen LogP contribution in [-0.4, -0.2) is 51.5 Å². The maximum absolute atomic E-state index is 11.6. The molecule has 2 atom stereocenters. The lowest BCUT2D eigenvalue weighted by atomic mass is 10.2. The number of nitrogens with one attached hydrogen (secondary N) is 2. The minimum absolute atomic E-state index is 0.0170. The van der Waals surface area contributed by atoms with Gasteiger partial charge < -0.3 is 20.1 Å². The highest BCUT2D eigenvalue weighted by atomic mass is 16.5. The molecule has 0 aromatic carbocycles. The molecule has 1 aliphatic heterocycles. The Morgan fingerprint density at radius 1 is 1.69 bits per heavy atom. The molecule has 1 amide bonds. The van der Waals surface area contributed by atoms with Gasteiger partial charge in [0, 0.05) is 32.8 Å². The van der Waals surface area contributed by atoms with Crippen LogP contribution < -0.4 is 10.6 Å². The summed E-state index contributed by atoms with van der Waals surface area (Å²) in [5, 5.41) is 6.14. The Bertz CT molecular complexity index is 205. The van der Waals surface area contributed by atoms with Gasteiger partial charge in [-0.25, -0.2) is 0 Å². The Kier molecular flexibility index (Phi) is 6.37. The van der Waals surface area contributed by atoms with Crippen molar-refractivity contribution in [2.24, 2.45) is 0 Å². The molecule has 0 spiro atoms. The van der Waals surface area contributed by atoms with Gasteiger partial charge in [-0.05, 0) is 13.3 Å². The maximum Gasteiger partial charge on any atom is 0.222 e. The highest BCUT2D eigenvalue weighted by Gasteiger charge is 2.18. The number of carbonyl (C=O) groups is 1. The summed E-state index contributed by atoms with van der Waals surface area (Å²) in [5.41, 5.74) is 0. The third-order valence-corrected chi connectivity index (χ3v) is 2.58. The number of rotatable bonds is 6. The zero-order valence-electron chi connectivity index (χ0n) is 10.1. The van der Waals surface area contributed by atoms with E-state index in [0.29, 0.717) is 19.6 Å². The number of morpholine rings is 1. The zero-order chi connectivity index (χ0) is 11.8. The van der Waals surface area contributed by atoms with E-state index in [1.54, 1.807) is 7.11 Å². The number of hydrogen-bond acceptors (Lipinski definition) is 4. The van der Waals surface area contributed by atoms with Crippen molar-refractivity contribution >= 4 is 5.91 Å². The van der Waals surface area contributed by atoms with Crippen LogP contribution in [0.2, 0.25) is 0 Å². The molecule has 0 radical (unpaired) electrons. The second-order valence-corrected chi connectivity index (χ2v) is 4.15. The molecular weight excluding hydrogens is 208 g/mol. The summed E-state index contributed by atoms with van der Waals surface area (Å²) < 4.78 is 10.4. The van der Waals surface area contributed by atoms with Crippen molar-refractivity contribution in [2.75, 3.05) is 33.4 Å². The maximum atomic E-state index is 11.6. The molecule has 0 bridgehead atoms. The molecule has 2 unspecified atom stereocenters. The Balaban J connectivity index is 2.13. The topological polar surface area (TPSA) is 59.6 Å². The van der Waals surface area contributed by atoms with Crippen LogP contribution >= 0.6 is 0 Å². The molecule has 1 aliphatic rings. The predicted molar refractivity (Wildman–Crippen MR) is 61.3 cm³/mol. The zero-order valence-corrected chi connectivity index (χ0v) is 10.1. The van der Waals surface area contributed by atoms with Gasteiger partial charge in [0.15, 0.2) is 0 Å². The summed E-state index contributed by atoms with van der Waals surface area (Å²) >= 11 is 0. The molecule has 2 N–H and O–H groups in total. The van der Waals surface area contributed by atoms with Gasteiger partial charge in [0.05, 0.1) is 19.1 Å². The fourth-order valence-electron chi connectivity index (χ4n) is 1.66. The predicted octanol–water partition coefficient (Wildman–Crippen LogP) is -0.0939. The first-order valence-electron chi connectivity index (χ1n) is 5.83. The normalized spacial score (nSPS) is 22.8. The van der Waals surface area contributed by atoms with Crippen molar-refractivity contribution in [3.8, 4) is 0 Å². The Morgan fingerprint density at radius 3 is 3.12 bits per heavy atom. The van der Waals surface area contributed by atoms with Crippen LogP contribution in [0.5, 0.6) is 0 Å². The fourth-order valence-corrected chi connectivity index (χ4v) is 1.66. The van der Waals surface area contributed by atoms with Crippen LogP contribution in [0.1, 0.15) is 19.8 Å². The fraction of sp³-hybridized carbons (Fsp3) is 0.909. The van der Waals surface area contributed by atoms with E-state index < -0.39 is 0 Å². The first-order chi connectivity index (χ1) is 7.72. The number of methoxy groups -OCH3 is 1. The highest BCUT2D eigenvalue weighted by molar-refractivity contribution is 5.76. The highest BCUT2D eigenvalue weighted by Crippen LogP contribution is 2.02. The van der Waals surface area contributed by atoms with Crippen LogP contribution in [0, 0.1) is 0 Å². The molecule has 0 aliphatic carbocycles. The summed E-state index contributed by atoms with van der Waals surface area (Å²) in [6.45, 7) is 4.99. The van der Waals surface area contributed by atoms with Crippen molar-refractivity contribution < 1.29 is 14.3 Å². The molecule has 16 heavy (non-hydrogen) atoms. The van der Waals surface area contributed by atoms with Crippen molar-refractivity contribution in [3.05, 3.63) is 0 Å². The Hall–Kier alpha value is -0.650. The molecule has 5 heteroatoms. The first kappa shape index (κ1) is 13.4. The molecule has 94 valence electrons. The van der Waals surface area contributed by atoms with E-state index in [1.807, 2.05) is 6.92 Å². The minimum atomic E-state index is 0.0170. The molecule has 1 fully saturated rings. The number of carbonyl (C=O) groups excluding carboxylic acids is 1. The van der Waals surface area contributed by atoms with Gasteiger partial charge in [0.1, 0.15) is 0 Å². The van der Waals surface area contributed by atoms with Crippen LogP contribution in [0.25, 0.3) is 0 Å². The van der Waals surface area contributed by atoms with Gasteiger partial charge in [-0.1, -0.05) is 0 Å². The lowest BCUT2D eigenvalue weighted by molar-refractivity contribution is -0.125. The largest absolute Gasteiger partial charge is 0.385 e. The second kappa shape index (κ2) is 7.60. The molecule has 0 aromatic rings. The smallest absolute Gasteiger partial charge is 0.222 e. The number of ether oxygens (including phenoxy) is 2. The summed E-state index contributed by atoms with van der Waals surface area (Å²) in [5.74, 6) is 0.0531. The van der Waals surface area contributed by atoms with Gasteiger partial charge in [0.25, 0.3) is 0 Å². The molecule has 1 saturated heterocycles. The number of amides is 1. The molecule has 0 aromatic heterocycles. The first-order valence-corrected chi connectivity index (χ1v) is 5.83. The standard InChI is InChI=1S/C11H22N2O3/c1-9(3-5-15-2)13-11(14)7-10-8-12-4-6-16-10/h9-10,12H,3-8H2,1-2H3,(H,13,14). The summed E-state index contributed by atoms with van der Waals surface area (Å²) in [7, 11) is 1.66. The average Bonchev–Trinajstić information content (AvgIpc) is 2.27. The molecule has 1 rings (SSSR count). The van der Waals surface area contributed by atoms with E-state index >= 15 is 0 Å².